The number of hydrogen-bond acceptors (Lipinski definition) is 6. The number of nitrogens with one attached hydrogen (secondary N) is 2. The SMILES string of the molecule is COC(=O)c1cc(-c2ccc(C[C@@H](C#N)NC(=O)[C@H]3N[C@@H]4CC[C@H]3C4)c(F)c2)cs1. The normalized spacial score (nSPS) is 23.0. The van der Waals surface area contributed by atoms with Crippen LogP contribution < -0.4 is 10.6 Å². The van der Waals surface area contributed by atoms with Crippen LogP contribution >= 0.6 is 11.3 Å². The van der Waals surface area contributed by atoms with Crippen molar-refractivity contribution in [1.29, 1.82) is 5.26 Å². The number of nitriles is 1. The van der Waals surface area contributed by atoms with E-state index in [0.717, 1.165) is 24.8 Å². The number of ether oxygens (including phenoxy) is 1. The smallest absolute Gasteiger partial charge is 0.348 e. The van der Waals surface area contributed by atoms with Gasteiger partial charge in [0.25, 0.3) is 0 Å². The van der Waals surface area contributed by atoms with Crippen LogP contribution in [-0.2, 0) is 16.0 Å². The highest BCUT2D eigenvalue weighted by molar-refractivity contribution is 7.12. The summed E-state index contributed by atoms with van der Waals surface area (Å²) in [5.41, 5.74) is 1.71. The Bertz CT molecular complexity index is 1020. The zero-order valence-corrected chi connectivity index (χ0v) is 17.3. The fourth-order valence-corrected chi connectivity index (χ4v) is 5.18. The van der Waals surface area contributed by atoms with E-state index in [0.29, 0.717) is 28.0 Å². The van der Waals surface area contributed by atoms with E-state index >= 15 is 0 Å². The molecule has 4 atom stereocenters. The van der Waals surface area contributed by atoms with Gasteiger partial charge in [-0.15, -0.1) is 11.3 Å². The van der Waals surface area contributed by atoms with E-state index < -0.39 is 17.8 Å². The minimum Gasteiger partial charge on any atom is -0.465 e. The Morgan fingerprint density at radius 3 is 2.83 bits per heavy atom. The molecule has 1 aromatic heterocycles. The highest BCUT2D eigenvalue weighted by Crippen LogP contribution is 2.35. The number of halogens is 1. The van der Waals surface area contributed by atoms with Gasteiger partial charge in [-0.05, 0) is 59.4 Å². The van der Waals surface area contributed by atoms with Gasteiger partial charge in [-0.25, -0.2) is 9.18 Å². The summed E-state index contributed by atoms with van der Waals surface area (Å²) in [7, 11) is 1.31. The summed E-state index contributed by atoms with van der Waals surface area (Å²) in [6.45, 7) is 0. The molecule has 0 spiro atoms. The molecule has 1 aromatic carbocycles. The third-order valence-corrected chi connectivity index (χ3v) is 6.82. The standard InChI is InChI=1S/C22H22FN3O3S/c1-29-22(28)19-9-15(11-30-19)12-2-3-13(18(23)8-12)6-17(10-24)26-21(27)20-14-4-5-16(7-14)25-20/h2-3,8-9,11,14,16-17,20,25H,4-7H2,1H3,(H,26,27)/t14-,16+,17-,20-/m0/s1. The minimum atomic E-state index is -0.800. The maximum atomic E-state index is 14.7. The molecule has 1 saturated heterocycles. The molecule has 2 heterocycles. The van der Waals surface area contributed by atoms with Gasteiger partial charge in [0.1, 0.15) is 16.7 Å². The van der Waals surface area contributed by atoms with Crippen LogP contribution in [0.5, 0.6) is 0 Å². The number of hydrogen-bond donors (Lipinski definition) is 2. The molecular formula is C22H22FN3O3S. The summed E-state index contributed by atoms with van der Waals surface area (Å²) in [4.78, 5) is 24.6. The van der Waals surface area contributed by atoms with Crippen LogP contribution in [0.3, 0.4) is 0 Å². The molecule has 1 saturated carbocycles. The lowest BCUT2D eigenvalue weighted by atomic mass is 9.98. The van der Waals surface area contributed by atoms with E-state index in [1.54, 1.807) is 23.6 Å². The first kappa shape index (κ1) is 20.5. The van der Waals surface area contributed by atoms with Crippen LogP contribution in [0.2, 0.25) is 0 Å². The molecule has 2 fully saturated rings. The topological polar surface area (TPSA) is 91.2 Å². The van der Waals surface area contributed by atoms with Gasteiger partial charge in [-0.2, -0.15) is 5.26 Å². The average Bonchev–Trinajstić information content (AvgIpc) is 3.50. The quantitative estimate of drug-likeness (QED) is 0.692. The Hall–Kier alpha value is -2.76. The van der Waals surface area contributed by atoms with E-state index in [1.807, 2.05) is 0 Å². The largest absolute Gasteiger partial charge is 0.465 e. The van der Waals surface area contributed by atoms with Crippen molar-refractivity contribution in [2.75, 3.05) is 7.11 Å². The number of carbonyl (C=O) groups is 2. The number of methoxy groups -OCH3 is 1. The van der Waals surface area contributed by atoms with Crippen molar-refractivity contribution in [3.8, 4) is 17.2 Å². The third-order valence-electron chi connectivity index (χ3n) is 5.91. The summed E-state index contributed by atoms with van der Waals surface area (Å²) in [6, 6.07) is 7.81. The van der Waals surface area contributed by atoms with Gasteiger partial charge in [0.05, 0.1) is 19.2 Å². The van der Waals surface area contributed by atoms with Gasteiger partial charge >= 0.3 is 5.97 Å². The van der Waals surface area contributed by atoms with Crippen LogP contribution in [0.1, 0.15) is 34.5 Å². The van der Waals surface area contributed by atoms with Crippen LogP contribution in [0.15, 0.2) is 29.6 Å². The van der Waals surface area contributed by atoms with Crippen molar-refractivity contribution in [3.63, 3.8) is 0 Å². The minimum absolute atomic E-state index is 0.0895. The molecule has 2 N–H and O–H groups in total. The van der Waals surface area contributed by atoms with E-state index in [4.69, 9.17) is 4.74 Å². The Morgan fingerprint density at radius 2 is 2.20 bits per heavy atom. The van der Waals surface area contributed by atoms with Gasteiger partial charge in [0.15, 0.2) is 0 Å². The van der Waals surface area contributed by atoms with E-state index in [1.165, 1.54) is 24.5 Å². The predicted octanol–water partition coefficient (Wildman–Crippen LogP) is 3.03. The highest BCUT2D eigenvalue weighted by atomic mass is 32.1. The number of thiophene rings is 1. The second-order valence-electron chi connectivity index (χ2n) is 7.81. The summed E-state index contributed by atoms with van der Waals surface area (Å²) in [5.74, 6) is -0.739. The van der Waals surface area contributed by atoms with Gasteiger partial charge < -0.3 is 15.4 Å². The molecule has 0 radical (unpaired) electrons. The maximum absolute atomic E-state index is 14.7. The van der Waals surface area contributed by atoms with Crippen LogP contribution in [0, 0.1) is 23.1 Å². The van der Waals surface area contributed by atoms with Gasteiger partial charge in [0, 0.05) is 12.5 Å². The van der Waals surface area contributed by atoms with Crippen molar-refractivity contribution in [3.05, 3.63) is 45.9 Å². The van der Waals surface area contributed by atoms with Gasteiger partial charge in [-0.3, -0.25) is 4.79 Å². The molecule has 4 rings (SSSR count). The van der Waals surface area contributed by atoms with Crippen molar-refractivity contribution in [2.24, 2.45) is 5.92 Å². The Balaban J connectivity index is 1.42. The van der Waals surface area contributed by atoms with Crippen LogP contribution in [-0.4, -0.2) is 37.1 Å². The number of piperidine rings is 1. The molecule has 30 heavy (non-hydrogen) atoms. The molecule has 2 aromatic rings. The molecule has 8 heteroatoms. The first-order chi connectivity index (χ1) is 14.5. The number of rotatable bonds is 6. The number of benzene rings is 1. The fraction of sp³-hybridized carbons (Fsp3) is 0.409. The highest BCUT2D eigenvalue weighted by Gasteiger charge is 2.43. The summed E-state index contributed by atoms with van der Waals surface area (Å²) < 4.78 is 19.4. The van der Waals surface area contributed by atoms with E-state index in [2.05, 4.69) is 16.7 Å². The number of amides is 1. The summed E-state index contributed by atoms with van der Waals surface area (Å²) in [5, 5.41) is 17.3. The number of nitrogens with zero attached hydrogens (tertiary/aromatic N) is 1. The van der Waals surface area contributed by atoms with Crippen molar-refractivity contribution in [2.45, 2.75) is 43.8 Å². The molecule has 2 bridgehead atoms. The molecule has 6 nitrogen and oxygen atoms in total. The average molecular weight is 428 g/mol. The Kier molecular flexibility index (Phi) is 5.84. The Labute approximate surface area is 178 Å². The molecule has 1 aliphatic heterocycles. The molecular weight excluding hydrogens is 405 g/mol. The molecule has 2 aliphatic rings. The third kappa shape index (κ3) is 4.09. The first-order valence-corrected chi connectivity index (χ1v) is 10.8. The molecule has 1 aliphatic carbocycles. The number of esters is 1. The fourth-order valence-electron chi connectivity index (χ4n) is 4.35. The summed E-state index contributed by atoms with van der Waals surface area (Å²) in [6.07, 6.45) is 3.22. The zero-order valence-electron chi connectivity index (χ0n) is 16.5. The van der Waals surface area contributed by atoms with Gasteiger partial charge in [0.2, 0.25) is 5.91 Å². The maximum Gasteiger partial charge on any atom is 0.348 e. The van der Waals surface area contributed by atoms with E-state index in [-0.39, 0.29) is 18.4 Å². The van der Waals surface area contributed by atoms with Gasteiger partial charge in [-0.1, -0.05) is 12.1 Å². The van der Waals surface area contributed by atoms with Crippen molar-refractivity contribution < 1.29 is 18.7 Å². The zero-order chi connectivity index (χ0) is 21.3. The number of carbonyl (C=O) groups excluding carboxylic acids is 2. The summed E-state index contributed by atoms with van der Waals surface area (Å²) >= 11 is 1.23. The van der Waals surface area contributed by atoms with Crippen LogP contribution in [0.4, 0.5) is 4.39 Å². The number of fused-ring (bicyclic) bond motifs is 2. The molecule has 156 valence electrons. The Morgan fingerprint density at radius 1 is 1.37 bits per heavy atom. The monoisotopic (exact) mass is 427 g/mol. The molecule has 1 amide bonds. The first-order valence-electron chi connectivity index (χ1n) is 9.90. The lowest BCUT2D eigenvalue weighted by Crippen LogP contribution is -2.50. The lowest BCUT2D eigenvalue weighted by molar-refractivity contribution is -0.124. The van der Waals surface area contributed by atoms with Crippen molar-refractivity contribution in [1.82, 2.24) is 10.6 Å². The second-order valence-corrected chi connectivity index (χ2v) is 8.72. The van der Waals surface area contributed by atoms with Crippen LogP contribution in [0.25, 0.3) is 11.1 Å². The molecule has 0 unspecified atom stereocenters. The second kappa shape index (κ2) is 8.54. The lowest BCUT2D eigenvalue weighted by Gasteiger charge is -2.23. The van der Waals surface area contributed by atoms with Crippen molar-refractivity contribution >= 4 is 23.2 Å². The predicted molar refractivity (Wildman–Crippen MR) is 110 cm³/mol. The van der Waals surface area contributed by atoms with E-state index in [9.17, 15) is 19.2 Å².